The highest BCUT2D eigenvalue weighted by Gasteiger charge is 2.12. The van der Waals surface area contributed by atoms with Crippen LogP contribution in [0, 0.1) is 11.7 Å². The average molecular weight is 351 g/mol. The van der Waals surface area contributed by atoms with Gasteiger partial charge in [0.05, 0.1) is 18.4 Å². The molecule has 4 rings (SSSR count). The third kappa shape index (κ3) is 3.16. The molecule has 0 radical (unpaired) electrons. The molecule has 0 spiro atoms. The SMILES string of the molecule is Cc1ccnn1Cc1n[nH]c(=S)n1-c1cnn(Cc2ccccc2)c1. The first-order chi connectivity index (χ1) is 12.2. The van der Waals surface area contributed by atoms with Gasteiger partial charge in [0, 0.05) is 18.1 Å². The lowest BCUT2D eigenvalue weighted by Crippen LogP contribution is -2.09. The first-order valence-corrected chi connectivity index (χ1v) is 8.33. The van der Waals surface area contributed by atoms with E-state index in [2.05, 4.69) is 32.5 Å². The third-order valence-electron chi connectivity index (χ3n) is 4.03. The van der Waals surface area contributed by atoms with Gasteiger partial charge < -0.3 is 0 Å². The van der Waals surface area contributed by atoms with E-state index in [0.29, 0.717) is 17.9 Å². The molecule has 0 aliphatic carbocycles. The highest BCUT2D eigenvalue weighted by molar-refractivity contribution is 7.71. The van der Waals surface area contributed by atoms with Crippen molar-refractivity contribution in [3.8, 4) is 5.69 Å². The number of nitrogens with one attached hydrogen (secondary N) is 1. The minimum Gasteiger partial charge on any atom is -0.267 e. The van der Waals surface area contributed by atoms with Crippen molar-refractivity contribution in [2.45, 2.75) is 20.0 Å². The van der Waals surface area contributed by atoms with Crippen LogP contribution in [0.25, 0.3) is 5.69 Å². The lowest BCUT2D eigenvalue weighted by Gasteiger charge is -2.06. The minimum atomic E-state index is 0.538. The van der Waals surface area contributed by atoms with E-state index in [4.69, 9.17) is 12.2 Å². The van der Waals surface area contributed by atoms with Gasteiger partial charge in [-0.3, -0.25) is 19.0 Å². The number of rotatable bonds is 5. The fraction of sp³-hybridized carbons (Fsp3) is 0.176. The maximum absolute atomic E-state index is 5.40. The zero-order chi connectivity index (χ0) is 17.2. The number of aromatic nitrogens is 7. The number of aromatic amines is 1. The Hall–Kier alpha value is -3.00. The summed E-state index contributed by atoms with van der Waals surface area (Å²) in [7, 11) is 0. The van der Waals surface area contributed by atoms with Crippen molar-refractivity contribution in [1.82, 2.24) is 34.3 Å². The molecule has 3 heterocycles. The Morgan fingerprint density at radius 3 is 2.68 bits per heavy atom. The predicted octanol–water partition coefficient (Wildman–Crippen LogP) is 2.73. The molecule has 0 fully saturated rings. The Morgan fingerprint density at radius 1 is 1.08 bits per heavy atom. The van der Waals surface area contributed by atoms with Gasteiger partial charge in [-0.2, -0.15) is 15.3 Å². The van der Waals surface area contributed by atoms with Crippen molar-refractivity contribution in [1.29, 1.82) is 0 Å². The normalized spacial score (nSPS) is 11.1. The monoisotopic (exact) mass is 351 g/mol. The molecule has 0 unspecified atom stereocenters. The molecular formula is C17H17N7S. The fourth-order valence-corrected chi connectivity index (χ4v) is 2.98. The smallest absolute Gasteiger partial charge is 0.200 e. The molecule has 0 amide bonds. The minimum absolute atomic E-state index is 0.538. The van der Waals surface area contributed by atoms with Gasteiger partial charge in [0.25, 0.3) is 0 Å². The highest BCUT2D eigenvalue weighted by atomic mass is 32.1. The second-order valence-electron chi connectivity index (χ2n) is 5.79. The van der Waals surface area contributed by atoms with Crippen LogP contribution in [-0.2, 0) is 13.1 Å². The summed E-state index contributed by atoms with van der Waals surface area (Å²) < 4.78 is 6.21. The molecule has 1 aromatic carbocycles. The summed E-state index contributed by atoms with van der Waals surface area (Å²) >= 11 is 5.40. The molecule has 0 bridgehead atoms. The van der Waals surface area contributed by atoms with Crippen molar-refractivity contribution < 1.29 is 0 Å². The molecular weight excluding hydrogens is 334 g/mol. The highest BCUT2D eigenvalue weighted by Crippen LogP contribution is 2.13. The molecule has 7 nitrogen and oxygen atoms in total. The van der Waals surface area contributed by atoms with Gasteiger partial charge in [-0.05, 0) is 30.8 Å². The molecule has 8 heteroatoms. The van der Waals surface area contributed by atoms with Crippen LogP contribution in [0.1, 0.15) is 17.1 Å². The number of hydrogen-bond acceptors (Lipinski definition) is 4. The van der Waals surface area contributed by atoms with Crippen LogP contribution in [-0.4, -0.2) is 34.3 Å². The average Bonchev–Trinajstić information content (AvgIpc) is 3.31. The quantitative estimate of drug-likeness (QED) is 0.561. The predicted molar refractivity (Wildman–Crippen MR) is 96.1 cm³/mol. The summed E-state index contributed by atoms with van der Waals surface area (Å²) in [5, 5.41) is 16.0. The van der Waals surface area contributed by atoms with E-state index in [0.717, 1.165) is 17.2 Å². The molecule has 0 saturated heterocycles. The van der Waals surface area contributed by atoms with Crippen LogP contribution in [0.3, 0.4) is 0 Å². The van der Waals surface area contributed by atoms with Gasteiger partial charge in [-0.1, -0.05) is 30.3 Å². The van der Waals surface area contributed by atoms with Crippen molar-refractivity contribution in [3.05, 3.63) is 76.8 Å². The Labute approximate surface area is 149 Å². The van der Waals surface area contributed by atoms with Gasteiger partial charge >= 0.3 is 0 Å². The third-order valence-corrected chi connectivity index (χ3v) is 4.30. The van der Waals surface area contributed by atoms with Crippen LogP contribution >= 0.6 is 12.2 Å². The van der Waals surface area contributed by atoms with Crippen LogP contribution < -0.4 is 0 Å². The maximum Gasteiger partial charge on any atom is 0.200 e. The summed E-state index contributed by atoms with van der Waals surface area (Å²) in [4.78, 5) is 0. The topological polar surface area (TPSA) is 69.2 Å². The van der Waals surface area contributed by atoms with Crippen molar-refractivity contribution in [2.75, 3.05) is 0 Å². The van der Waals surface area contributed by atoms with Gasteiger partial charge in [-0.25, -0.2) is 0 Å². The summed E-state index contributed by atoms with van der Waals surface area (Å²) in [5.74, 6) is 0.788. The van der Waals surface area contributed by atoms with Crippen molar-refractivity contribution in [3.63, 3.8) is 0 Å². The maximum atomic E-state index is 5.40. The molecule has 0 aliphatic heterocycles. The fourth-order valence-electron chi connectivity index (χ4n) is 2.73. The van der Waals surface area contributed by atoms with E-state index < -0.39 is 0 Å². The van der Waals surface area contributed by atoms with Gasteiger partial charge in [-0.15, -0.1) is 0 Å². The molecule has 3 aromatic heterocycles. The lowest BCUT2D eigenvalue weighted by molar-refractivity contribution is 0.626. The first kappa shape index (κ1) is 15.5. The Kier molecular flexibility index (Phi) is 4.02. The van der Waals surface area contributed by atoms with Crippen LogP contribution in [0.4, 0.5) is 0 Å². The summed E-state index contributed by atoms with van der Waals surface area (Å²) in [5.41, 5.74) is 3.15. The van der Waals surface area contributed by atoms with E-state index in [1.807, 2.05) is 51.3 Å². The van der Waals surface area contributed by atoms with Gasteiger partial charge in [0.15, 0.2) is 10.6 Å². The van der Waals surface area contributed by atoms with Crippen LogP contribution in [0.2, 0.25) is 0 Å². The molecule has 4 aromatic rings. The summed E-state index contributed by atoms with van der Waals surface area (Å²) in [6.45, 7) is 3.26. The lowest BCUT2D eigenvalue weighted by atomic mass is 10.2. The second kappa shape index (κ2) is 6.48. The van der Waals surface area contributed by atoms with Gasteiger partial charge in [0.1, 0.15) is 6.54 Å². The molecule has 0 aliphatic rings. The van der Waals surface area contributed by atoms with E-state index in [1.165, 1.54) is 5.56 Å². The molecule has 126 valence electrons. The van der Waals surface area contributed by atoms with Crippen LogP contribution in [0.5, 0.6) is 0 Å². The van der Waals surface area contributed by atoms with Crippen LogP contribution in [0.15, 0.2) is 55.0 Å². The van der Waals surface area contributed by atoms with E-state index >= 15 is 0 Å². The van der Waals surface area contributed by atoms with E-state index in [1.54, 1.807) is 12.4 Å². The zero-order valence-corrected chi connectivity index (χ0v) is 14.5. The molecule has 0 saturated carbocycles. The Morgan fingerprint density at radius 2 is 1.92 bits per heavy atom. The number of benzene rings is 1. The molecule has 1 N–H and O–H groups in total. The number of aryl methyl sites for hydroxylation is 1. The summed E-state index contributed by atoms with van der Waals surface area (Å²) in [6, 6.07) is 12.2. The zero-order valence-electron chi connectivity index (χ0n) is 13.7. The van der Waals surface area contributed by atoms with Crippen molar-refractivity contribution in [2.24, 2.45) is 0 Å². The van der Waals surface area contributed by atoms with Crippen molar-refractivity contribution >= 4 is 12.2 Å². The first-order valence-electron chi connectivity index (χ1n) is 7.92. The largest absolute Gasteiger partial charge is 0.267 e. The Bertz CT molecular complexity index is 1040. The van der Waals surface area contributed by atoms with E-state index in [9.17, 15) is 0 Å². The summed E-state index contributed by atoms with van der Waals surface area (Å²) in [6.07, 6.45) is 5.55. The Balaban J connectivity index is 1.63. The van der Waals surface area contributed by atoms with Gasteiger partial charge in [0.2, 0.25) is 0 Å². The number of H-pyrrole nitrogens is 1. The molecule has 25 heavy (non-hydrogen) atoms. The number of hydrogen-bond donors (Lipinski definition) is 1. The molecule has 0 atom stereocenters. The van der Waals surface area contributed by atoms with E-state index in [-0.39, 0.29) is 0 Å². The standard InChI is InChI=1S/C17H17N7S/c1-13-7-8-18-23(13)12-16-20-21-17(25)24(16)15-9-19-22(11-15)10-14-5-3-2-4-6-14/h2-9,11H,10,12H2,1H3,(H,21,25). The number of nitrogens with zero attached hydrogens (tertiary/aromatic N) is 6. The second-order valence-corrected chi connectivity index (χ2v) is 6.18.